The number of carbonyl (C=O) groups excluding carboxylic acids is 2. The minimum Gasteiger partial charge on any atom is -0.354 e. The molecule has 0 atom stereocenters. The van der Waals surface area contributed by atoms with Crippen molar-refractivity contribution in [2.45, 2.75) is 70.3 Å². The summed E-state index contributed by atoms with van der Waals surface area (Å²) in [6.45, 7) is 4.43. The summed E-state index contributed by atoms with van der Waals surface area (Å²) in [6, 6.07) is 0. The predicted molar refractivity (Wildman–Crippen MR) is 87.5 cm³/mol. The standard InChI is InChI=1S/C17H31N3O2/c1-2-3-6-11-19-16(22)17(9-12-18-13-10-17)20-15(21)14-7-4-5-8-14/h14,18H,2-13H2,1H3,(H,19,22)(H,20,21). The quantitative estimate of drug-likeness (QED) is 0.627. The van der Waals surface area contributed by atoms with Gasteiger partial charge in [0.1, 0.15) is 5.54 Å². The van der Waals surface area contributed by atoms with Gasteiger partial charge in [-0.3, -0.25) is 9.59 Å². The fraction of sp³-hybridized carbons (Fsp3) is 0.882. The maximum absolute atomic E-state index is 12.7. The zero-order valence-electron chi connectivity index (χ0n) is 13.9. The van der Waals surface area contributed by atoms with E-state index in [1.54, 1.807) is 0 Å². The summed E-state index contributed by atoms with van der Waals surface area (Å²) < 4.78 is 0. The van der Waals surface area contributed by atoms with E-state index in [4.69, 9.17) is 0 Å². The van der Waals surface area contributed by atoms with Crippen LogP contribution in [0.5, 0.6) is 0 Å². The van der Waals surface area contributed by atoms with E-state index in [0.29, 0.717) is 19.4 Å². The molecule has 22 heavy (non-hydrogen) atoms. The molecule has 1 aliphatic heterocycles. The van der Waals surface area contributed by atoms with Gasteiger partial charge in [0.25, 0.3) is 0 Å². The Labute approximate surface area is 134 Å². The maximum atomic E-state index is 12.7. The van der Waals surface area contributed by atoms with Crippen molar-refractivity contribution in [2.24, 2.45) is 5.92 Å². The van der Waals surface area contributed by atoms with E-state index in [9.17, 15) is 9.59 Å². The molecule has 1 saturated carbocycles. The van der Waals surface area contributed by atoms with Gasteiger partial charge in [-0.25, -0.2) is 0 Å². The molecule has 2 aliphatic rings. The molecule has 1 saturated heterocycles. The lowest BCUT2D eigenvalue weighted by Crippen LogP contribution is -2.63. The van der Waals surface area contributed by atoms with Crippen LogP contribution in [0, 0.1) is 5.92 Å². The van der Waals surface area contributed by atoms with Crippen LogP contribution in [0.4, 0.5) is 0 Å². The van der Waals surface area contributed by atoms with E-state index < -0.39 is 5.54 Å². The summed E-state index contributed by atoms with van der Waals surface area (Å²) in [7, 11) is 0. The molecule has 1 aliphatic carbocycles. The lowest BCUT2D eigenvalue weighted by atomic mass is 9.86. The third-order valence-electron chi connectivity index (χ3n) is 5.05. The number of amides is 2. The molecular formula is C17H31N3O2. The lowest BCUT2D eigenvalue weighted by molar-refractivity contribution is -0.136. The van der Waals surface area contributed by atoms with E-state index in [0.717, 1.165) is 58.0 Å². The van der Waals surface area contributed by atoms with Crippen molar-refractivity contribution in [1.82, 2.24) is 16.0 Å². The first kappa shape index (κ1) is 17.3. The predicted octanol–water partition coefficient (Wildman–Crippen LogP) is 1.72. The Kier molecular flexibility index (Phi) is 6.68. The van der Waals surface area contributed by atoms with Crippen LogP contribution >= 0.6 is 0 Å². The van der Waals surface area contributed by atoms with Crippen molar-refractivity contribution in [3.05, 3.63) is 0 Å². The first-order chi connectivity index (χ1) is 10.7. The summed E-state index contributed by atoms with van der Waals surface area (Å²) in [5, 5.41) is 9.45. The maximum Gasteiger partial charge on any atom is 0.245 e. The Hall–Kier alpha value is -1.10. The number of unbranched alkanes of at least 4 members (excludes halogenated alkanes) is 2. The first-order valence-corrected chi connectivity index (χ1v) is 8.99. The van der Waals surface area contributed by atoms with Gasteiger partial charge in [-0.2, -0.15) is 0 Å². The Morgan fingerprint density at radius 1 is 1.14 bits per heavy atom. The van der Waals surface area contributed by atoms with E-state index >= 15 is 0 Å². The normalized spacial score (nSPS) is 21.5. The van der Waals surface area contributed by atoms with Crippen molar-refractivity contribution in [3.8, 4) is 0 Å². The SMILES string of the molecule is CCCCCNC(=O)C1(NC(=O)C2CCCC2)CCNCC1. The zero-order chi connectivity index (χ0) is 15.8. The molecule has 2 rings (SSSR count). The van der Waals surface area contributed by atoms with E-state index in [1.807, 2.05) is 0 Å². The summed E-state index contributed by atoms with van der Waals surface area (Å²) in [5.41, 5.74) is -0.697. The van der Waals surface area contributed by atoms with Crippen LogP contribution in [0.2, 0.25) is 0 Å². The Morgan fingerprint density at radius 3 is 2.45 bits per heavy atom. The molecule has 0 radical (unpaired) electrons. The molecule has 5 heteroatoms. The molecule has 1 heterocycles. The van der Waals surface area contributed by atoms with Crippen LogP contribution in [0.3, 0.4) is 0 Å². The number of hydrogen-bond donors (Lipinski definition) is 3. The third-order valence-corrected chi connectivity index (χ3v) is 5.05. The number of piperidine rings is 1. The molecule has 0 aromatic carbocycles. The summed E-state index contributed by atoms with van der Waals surface area (Å²) >= 11 is 0. The van der Waals surface area contributed by atoms with Crippen molar-refractivity contribution < 1.29 is 9.59 Å². The molecule has 2 fully saturated rings. The van der Waals surface area contributed by atoms with Gasteiger partial charge >= 0.3 is 0 Å². The fourth-order valence-corrected chi connectivity index (χ4v) is 3.53. The molecule has 0 unspecified atom stereocenters. The second-order valence-corrected chi connectivity index (χ2v) is 6.77. The second-order valence-electron chi connectivity index (χ2n) is 6.77. The molecule has 2 amide bonds. The zero-order valence-corrected chi connectivity index (χ0v) is 13.9. The van der Waals surface area contributed by atoms with Gasteiger partial charge < -0.3 is 16.0 Å². The van der Waals surface area contributed by atoms with Crippen LogP contribution in [0.1, 0.15) is 64.7 Å². The van der Waals surface area contributed by atoms with Gasteiger partial charge in [0.05, 0.1) is 0 Å². The summed E-state index contributed by atoms with van der Waals surface area (Å²) in [4.78, 5) is 25.2. The topological polar surface area (TPSA) is 70.2 Å². The van der Waals surface area contributed by atoms with Gasteiger partial charge in [0.15, 0.2) is 0 Å². The van der Waals surface area contributed by atoms with Gasteiger partial charge in [0.2, 0.25) is 11.8 Å². The summed E-state index contributed by atoms with van der Waals surface area (Å²) in [6.07, 6.45) is 8.86. The van der Waals surface area contributed by atoms with Crippen LogP contribution in [-0.4, -0.2) is 37.0 Å². The highest BCUT2D eigenvalue weighted by Crippen LogP contribution is 2.27. The smallest absolute Gasteiger partial charge is 0.245 e. The second kappa shape index (κ2) is 8.51. The van der Waals surface area contributed by atoms with Crippen molar-refractivity contribution in [2.75, 3.05) is 19.6 Å². The van der Waals surface area contributed by atoms with Crippen molar-refractivity contribution >= 4 is 11.8 Å². The van der Waals surface area contributed by atoms with Crippen LogP contribution in [0.15, 0.2) is 0 Å². The largest absolute Gasteiger partial charge is 0.354 e. The van der Waals surface area contributed by atoms with Crippen LogP contribution in [0.25, 0.3) is 0 Å². The van der Waals surface area contributed by atoms with Gasteiger partial charge in [-0.05, 0) is 45.2 Å². The van der Waals surface area contributed by atoms with E-state index in [-0.39, 0.29) is 17.7 Å². The molecule has 5 nitrogen and oxygen atoms in total. The minimum atomic E-state index is -0.697. The molecule has 3 N–H and O–H groups in total. The first-order valence-electron chi connectivity index (χ1n) is 8.99. The van der Waals surface area contributed by atoms with Crippen LogP contribution < -0.4 is 16.0 Å². The van der Waals surface area contributed by atoms with Gasteiger partial charge in [-0.1, -0.05) is 32.6 Å². The highest BCUT2D eigenvalue weighted by Gasteiger charge is 2.42. The highest BCUT2D eigenvalue weighted by molar-refractivity contribution is 5.92. The Balaban J connectivity index is 1.93. The average Bonchev–Trinajstić information content (AvgIpc) is 3.07. The molecule has 0 bridgehead atoms. The van der Waals surface area contributed by atoms with Crippen molar-refractivity contribution in [1.29, 1.82) is 0 Å². The third kappa shape index (κ3) is 4.45. The lowest BCUT2D eigenvalue weighted by Gasteiger charge is -2.37. The van der Waals surface area contributed by atoms with Gasteiger partial charge in [-0.15, -0.1) is 0 Å². The van der Waals surface area contributed by atoms with Crippen molar-refractivity contribution in [3.63, 3.8) is 0 Å². The minimum absolute atomic E-state index is 0.0106. The fourth-order valence-electron chi connectivity index (χ4n) is 3.53. The average molecular weight is 309 g/mol. The molecular weight excluding hydrogens is 278 g/mol. The van der Waals surface area contributed by atoms with E-state index in [2.05, 4.69) is 22.9 Å². The number of nitrogens with one attached hydrogen (secondary N) is 3. The Bertz CT molecular complexity index is 372. The molecule has 0 aromatic rings. The van der Waals surface area contributed by atoms with Crippen LogP contribution in [-0.2, 0) is 9.59 Å². The highest BCUT2D eigenvalue weighted by atomic mass is 16.2. The van der Waals surface area contributed by atoms with E-state index in [1.165, 1.54) is 0 Å². The molecule has 126 valence electrons. The molecule has 0 aromatic heterocycles. The number of carbonyl (C=O) groups is 2. The molecule has 0 spiro atoms. The Morgan fingerprint density at radius 2 is 1.82 bits per heavy atom. The summed E-state index contributed by atoms with van der Waals surface area (Å²) in [5.74, 6) is 0.208. The number of hydrogen-bond acceptors (Lipinski definition) is 3. The van der Waals surface area contributed by atoms with Gasteiger partial charge in [0, 0.05) is 12.5 Å². The number of rotatable bonds is 7. The monoisotopic (exact) mass is 309 g/mol.